The molecule has 1 aromatic heterocycles. The highest BCUT2D eigenvalue weighted by molar-refractivity contribution is 6.74. The molecule has 3 atom stereocenters. The molecular formula is C26H43N3O8Si. The van der Waals surface area contributed by atoms with Crippen LogP contribution in [0, 0.1) is 0 Å². The van der Waals surface area contributed by atoms with Crippen molar-refractivity contribution in [2.75, 3.05) is 33.7 Å². The number of aliphatic hydroxyl groups is 1. The SMILES string of the molecule is COCCOCO[C@@H](CCC(=O)NC1c2cc3nonc3cc2OC(C)(C)C1O)CO[Si](C)(C)C(C)(C)C. The van der Waals surface area contributed by atoms with Crippen LogP contribution in [0.5, 0.6) is 5.75 Å². The van der Waals surface area contributed by atoms with E-state index in [1.165, 1.54) is 0 Å². The third kappa shape index (κ3) is 7.51. The Morgan fingerprint density at radius 3 is 2.55 bits per heavy atom. The second-order valence-electron chi connectivity index (χ2n) is 11.8. The van der Waals surface area contributed by atoms with Crippen molar-refractivity contribution in [3.05, 3.63) is 17.7 Å². The van der Waals surface area contributed by atoms with Crippen molar-refractivity contribution in [3.63, 3.8) is 0 Å². The Morgan fingerprint density at radius 2 is 1.89 bits per heavy atom. The number of methoxy groups -OCH3 is 1. The molecule has 1 aliphatic heterocycles. The van der Waals surface area contributed by atoms with Gasteiger partial charge in [-0.2, -0.15) is 0 Å². The molecule has 214 valence electrons. The maximum absolute atomic E-state index is 13.1. The number of fused-ring (bicyclic) bond motifs is 2. The monoisotopic (exact) mass is 553 g/mol. The predicted molar refractivity (Wildman–Crippen MR) is 143 cm³/mol. The lowest BCUT2D eigenvalue weighted by molar-refractivity contribution is -0.129. The third-order valence-electron chi connectivity index (χ3n) is 7.39. The van der Waals surface area contributed by atoms with E-state index in [1.54, 1.807) is 33.1 Å². The van der Waals surface area contributed by atoms with Crippen molar-refractivity contribution in [1.29, 1.82) is 0 Å². The normalized spacial score (nSPS) is 20.1. The van der Waals surface area contributed by atoms with Crippen LogP contribution in [0.2, 0.25) is 18.1 Å². The highest BCUT2D eigenvalue weighted by Gasteiger charge is 2.44. The first-order valence-corrected chi connectivity index (χ1v) is 15.9. The van der Waals surface area contributed by atoms with Gasteiger partial charge in [0.05, 0.1) is 32.0 Å². The largest absolute Gasteiger partial charge is 0.485 e. The highest BCUT2D eigenvalue weighted by Crippen LogP contribution is 2.41. The van der Waals surface area contributed by atoms with E-state index in [1.807, 2.05) is 0 Å². The van der Waals surface area contributed by atoms with Gasteiger partial charge in [-0.15, -0.1) is 0 Å². The van der Waals surface area contributed by atoms with Crippen LogP contribution in [0.4, 0.5) is 0 Å². The van der Waals surface area contributed by atoms with Gasteiger partial charge < -0.3 is 33.8 Å². The van der Waals surface area contributed by atoms with E-state index in [0.29, 0.717) is 48.6 Å². The maximum Gasteiger partial charge on any atom is 0.220 e. The molecule has 0 saturated heterocycles. The van der Waals surface area contributed by atoms with Crippen LogP contribution < -0.4 is 10.1 Å². The Hall–Kier alpha value is -2.09. The number of amides is 1. The number of carbonyl (C=O) groups is 1. The van der Waals surface area contributed by atoms with E-state index in [2.05, 4.69) is 49.5 Å². The fourth-order valence-electron chi connectivity index (χ4n) is 3.85. The summed E-state index contributed by atoms with van der Waals surface area (Å²) < 4.78 is 33.6. The molecule has 0 spiro atoms. The van der Waals surface area contributed by atoms with E-state index >= 15 is 0 Å². The van der Waals surface area contributed by atoms with Gasteiger partial charge in [0.15, 0.2) is 8.32 Å². The first-order chi connectivity index (χ1) is 17.7. The summed E-state index contributed by atoms with van der Waals surface area (Å²) in [6.07, 6.45) is -0.714. The summed E-state index contributed by atoms with van der Waals surface area (Å²) in [5.74, 6) is 0.295. The third-order valence-corrected chi connectivity index (χ3v) is 11.9. The zero-order valence-corrected chi connectivity index (χ0v) is 24.8. The quantitative estimate of drug-likeness (QED) is 0.215. The molecule has 1 aromatic carbocycles. The molecule has 11 nitrogen and oxygen atoms in total. The van der Waals surface area contributed by atoms with E-state index in [4.69, 9.17) is 28.0 Å². The average Bonchev–Trinajstić information content (AvgIpc) is 3.28. The van der Waals surface area contributed by atoms with Crippen LogP contribution in [0.25, 0.3) is 11.0 Å². The number of hydrogen-bond acceptors (Lipinski definition) is 10. The summed E-state index contributed by atoms with van der Waals surface area (Å²) in [5, 5.41) is 21.8. The van der Waals surface area contributed by atoms with Crippen molar-refractivity contribution in [2.24, 2.45) is 0 Å². The van der Waals surface area contributed by atoms with Gasteiger partial charge in [-0.1, -0.05) is 20.8 Å². The molecular weight excluding hydrogens is 510 g/mol. The molecule has 0 aliphatic carbocycles. The highest BCUT2D eigenvalue weighted by atomic mass is 28.4. The molecule has 12 heteroatoms. The summed E-state index contributed by atoms with van der Waals surface area (Å²) in [7, 11) is -0.398. The second kappa shape index (κ2) is 12.4. The van der Waals surface area contributed by atoms with Gasteiger partial charge in [0.1, 0.15) is 35.3 Å². The van der Waals surface area contributed by atoms with E-state index in [-0.39, 0.29) is 30.3 Å². The Bertz CT molecular complexity index is 1070. The molecule has 2 N–H and O–H groups in total. The molecule has 2 aromatic rings. The van der Waals surface area contributed by atoms with Crippen LogP contribution in [0.3, 0.4) is 0 Å². The molecule has 0 saturated carbocycles. The topological polar surface area (TPSA) is 134 Å². The van der Waals surface area contributed by atoms with Crippen molar-refractivity contribution < 1.29 is 37.9 Å². The molecule has 1 aliphatic rings. The Morgan fingerprint density at radius 1 is 1.21 bits per heavy atom. The van der Waals surface area contributed by atoms with Crippen molar-refractivity contribution in [2.45, 2.75) is 89.4 Å². The minimum atomic E-state index is -2.01. The summed E-state index contributed by atoms with van der Waals surface area (Å²) in [6.45, 7) is 15.8. The van der Waals surface area contributed by atoms with Gasteiger partial charge in [0, 0.05) is 25.2 Å². The first kappa shape index (κ1) is 30.4. The number of hydrogen-bond donors (Lipinski definition) is 2. The summed E-state index contributed by atoms with van der Waals surface area (Å²) >= 11 is 0. The number of aliphatic hydroxyl groups excluding tert-OH is 1. The van der Waals surface area contributed by atoms with Gasteiger partial charge in [0.25, 0.3) is 0 Å². The van der Waals surface area contributed by atoms with Gasteiger partial charge in [-0.05, 0) is 54.8 Å². The first-order valence-electron chi connectivity index (χ1n) is 13.0. The zero-order chi connectivity index (χ0) is 28.1. The van der Waals surface area contributed by atoms with Crippen molar-refractivity contribution in [3.8, 4) is 5.75 Å². The van der Waals surface area contributed by atoms with E-state index in [0.717, 1.165) is 0 Å². The number of aromatic nitrogens is 2. The molecule has 0 fully saturated rings. The fourth-order valence-corrected chi connectivity index (χ4v) is 4.88. The zero-order valence-electron chi connectivity index (χ0n) is 23.8. The lowest BCUT2D eigenvalue weighted by Gasteiger charge is -2.42. The molecule has 38 heavy (non-hydrogen) atoms. The maximum atomic E-state index is 13.1. The smallest absolute Gasteiger partial charge is 0.220 e. The fraction of sp³-hybridized carbons (Fsp3) is 0.731. The Kier molecular flexibility index (Phi) is 9.93. The standard InChI is InChI=1S/C26H43N3O8Si/c1-25(2,3)38(7,8)35-15-17(34-16-33-12-11-32-6)9-10-22(30)27-23-18-13-19-20(29-37-28-19)14-21(18)36-26(4,5)24(23)31/h13-14,17,23-24,31H,9-12,15-16H2,1-8H3,(H,27,30)/t17-,23?,24?/m0/s1. The van der Waals surface area contributed by atoms with Crippen LogP contribution in [0.1, 0.15) is 59.1 Å². The molecule has 0 bridgehead atoms. The Balaban J connectivity index is 1.66. The number of benzene rings is 1. The van der Waals surface area contributed by atoms with Gasteiger partial charge in [-0.3, -0.25) is 4.79 Å². The Labute approximate surface area is 225 Å². The number of ether oxygens (including phenoxy) is 4. The summed E-state index contributed by atoms with van der Waals surface area (Å²) in [4.78, 5) is 13.1. The minimum absolute atomic E-state index is 0.0497. The van der Waals surface area contributed by atoms with Gasteiger partial charge in [0.2, 0.25) is 5.91 Å². The lowest BCUT2D eigenvalue weighted by atomic mass is 9.86. The number of nitrogens with zero attached hydrogens (tertiary/aromatic N) is 2. The minimum Gasteiger partial charge on any atom is -0.485 e. The van der Waals surface area contributed by atoms with Crippen molar-refractivity contribution >= 4 is 25.3 Å². The predicted octanol–water partition coefficient (Wildman–Crippen LogP) is 3.72. The van der Waals surface area contributed by atoms with Crippen LogP contribution in [-0.2, 0) is 23.4 Å². The van der Waals surface area contributed by atoms with Gasteiger partial charge in [-0.25, -0.2) is 4.63 Å². The molecule has 2 heterocycles. The van der Waals surface area contributed by atoms with Crippen molar-refractivity contribution in [1.82, 2.24) is 15.6 Å². The second-order valence-corrected chi connectivity index (χ2v) is 16.6. The molecule has 3 rings (SSSR count). The summed E-state index contributed by atoms with van der Waals surface area (Å²) in [6, 6.07) is 2.74. The molecule has 0 radical (unpaired) electrons. The molecule has 2 unspecified atom stereocenters. The van der Waals surface area contributed by atoms with E-state index < -0.39 is 26.1 Å². The number of carbonyl (C=O) groups excluding carboxylic acids is 1. The summed E-state index contributed by atoms with van der Waals surface area (Å²) in [5.41, 5.74) is 0.741. The van der Waals surface area contributed by atoms with Gasteiger partial charge >= 0.3 is 0 Å². The average molecular weight is 554 g/mol. The number of nitrogens with one attached hydrogen (secondary N) is 1. The van der Waals surface area contributed by atoms with Crippen LogP contribution in [0.15, 0.2) is 16.8 Å². The van der Waals surface area contributed by atoms with E-state index in [9.17, 15) is 9.90 Å². The number of rotatable bonds is 13. The lowest BCUT2D eigenvalue weighted by Crippen LogP contribution is -2.53. The molecule has 1 amide bonds. The van der Waals surface area contributed by atoms with Crippen LogP contribution in [-0.4, -0.2) is 81.2 Å². The van der Waals surface area contributed by atoms with Crippen LogP contribution >= 0.6 is 0 Å².